The third-order valence-corrected chi connectivity index (χ3v) is 3.67. The number of carbonyl (C=O) groups is 1. The first kappa shape index (κ1) is 14.1. The van der Waals surface area contributed by atoms with E-state index in [0.717, 1.165) is 51.1 Å². The average molecular weight is 264 g/mol. The van der Waals surface area contributed by atoms with E-state index < -0.39 is 0 Å². The van der Waals surface area contributed by atoms with Crippen molar-refractivity contribution < 1.29 is 4.79 Å². The lowest BCUT2D eigenvalue weighted by molar-refractivity contribution is -0.133. The summed E-state index contributed by atoms with van der Waals surface area (Å²) in [7, 11) is 0. The Morgan fingerprint density at radius 2 is 2.21 bits per heavy atom. The summed E-state index contributed by atoms with van der Waals surface area (Å²) < 4.78 is 1.99. The van der Waals surface area contributed by atoms with Gasteiger partial charge in [0.05, 0.1) is 12.0 Å². The zero-order valence-electron chi connectivity index (χ0n) is 11.9. The fourth-order valence-corrected chi connectivity index (χ4v) is 2.53. The molecule has 5 heteroatoms. The summed E-state index contributed by atoms with van der Waals surface area (Å²) in [5.74, 6) is 0.215. The second-order valence-electron chi connectivity index (χ2n) is 5.18. The van der Waals surface area contributed by atoms with E-state index in [1.807, 2.05) is 22.6 Å². The number of imidazole rings is 1. The Labute approximate surface area is 115 Å². The number of aromatic nitrogens is 2. The van der Waals surface area contributed by atoms with E-state index in [9.17, 15) is 4.79 Å². The Balaban J connectivity index is 1.99. The van der Waals surface area contributed by atoms with Crippen molar-refractivity contribution in [3.63, 3.8) is 0 Å². The van der Waals surface area contributed by atoms with Crippen molar-refractivity contribution in [1.29, 1.82) is 0 Å². The van der Waals surface area contributed by atoms with Gasteiger partial charge in [0, 0.05) is 25.8 Å². The van der Waals surface area contributed by atoms with E-state index in [-0.39, 0.29) is 11.9 Å². The molecule has 1 unspecified atom stereocenters. The minimum atomic E-state index is -0.154. The van der Waals surface area contributed by atoms with Crippen molar-refractivity contribution in [2.45, 2.75) is 45.7 Å². The fourth-order valence-electron chi connectivity index (χ4n) is 2.53. The molecule has 1 aromatic rings. The molecule has 0 aromatic carbocycles. The molecule has 0 saturated carbocycles. The lowest BCUT2D eigenvalue weighted by Crippen LogP contribution is -2.34. The maximum absolute atomic E-state index is 12.4. The molecule has 0 aliphatic carbocycles. The minimum absolute atomic E-state index is 0.154. The molecule has 1 fully saturated rings. The van der Waals surface area contributed by atoms with Gasteiger partial charge in [0.2, 0.25) is 5.91 Å². The standard InChI is InChI=1S/C14H24N4O/c1-3-6-15-9-13-10-16-11-18(13)12(2)14(19)17-7-4-5-8-17/h10-12,15H,3-9H2,1-2H3. The molecule has 0 radical (unpaired) electrons. The monoisotopic (exact) mass is 264 g/mol. The molecule has 1 aliphatic rings. The van der Waals surface area contributed by atoms with Crippen LogP contribution >= 0.6 is 0 Å². The van der Waals surface area contributed by atoms with Crippen LogP contribution in [0.5, 0.6) is 0 Å². The summed E-state index contributed by atoms with van der Waals surface area (Å²) >= 11 is 0. The zero-order valence-corrected chi connectivity index (χ0v) is 11.9. The number of hydrogen-bond donors (Lipinski definition) is 1. The second kappa shape index (κ2) is 6.70. The van der Waals surface area contributed by atoms with Crippen LogP contribution in [0.3, 0.4) is 0 Å². The van der Waals surface area contributed by atoms with Crippen molar-refractivity contribution in [1.82, 2.24) is 19.8 Å². The lowest BCUT2D eigenvalue weighted by atomic mass is 10.2. The molecule has 1 N–H and O–H groups in total. The van der Waals surface area contributed by atoms with Crippen LogP contribution in [0.2, 0.25) is 0 Å². The number of amides is 1. The number of likely N-dealkylation sites (tertiary alicyclic amines) is 1. The molecule has 1 aromatic heterocycles. The van der Waals surface area contributed by atoms with Crippen LogP contribution in [-0.2, 0) is 11.3 Å². The summed E-state index contributed by atoms with van der Waals surface area (Å²) in [6.07, 6.45) is 6.98. The van der Waals surface area contributed by atoms with E-state index in [2.05, 4.69) is 17.2 Å². The Morgan fingerprint density at radius 1 is 1.47 bits per heavy atom. The van der Waals surface area contributed by atoms with Gasteiger partial charge in [0.25, 0.3) is 0 Å². The van der Waals surface area contributed by atoms with E-state index in [0.29, 0.717) is 0 Å². The van der Waals surface area contributed by atoms with Crippen molar-refractivity contribution in [2.75, 3.05) is 19.6 Å². The van der Waals surface area contributed by atoms with E-state index in [1.165, 1.54) is 0 Å². The lowest BCUT2D eigenvalue weighted by Gasteiger charge is -2.22. The number of carbonyl (C=O) groups excluding carboxylic acids is 1. The molecule has 2 heterocycles. The van der Waals surface area contributed by atoms with Crippen molar-refractivity contribution in [2.24, 2.45) is 0 Å². The van der Waals surface area contributed by atoms with Crippen LogP contribution < -0.4 is 5.32 Å². The second-order valence-corrected chi connectivity index (χ2v) is 5.18. The highest BCUT2D eigenvalue weighted by Crippen LogP contribution is 2.17. The Morgan fingerprint density at radius 3 is 2.89 bits per heavy atom. The first-order valence-electron chi connectivity index (χ1n) is 7.24. The summed E-state index contributed by atoms with van der Waals surface area (Å²) in [4.78, 5) is 18.5. The SMILES string of the molecule is CCCNCc1cncn1C(C)C(=O)N1CCCC1. The minimum Gasteiger partial charge on any atom is -0.341 e. The largest absolute Gasteiger partial charge is 0.341 e. The van der Waals surface area contributed by atoms with Gasteiger partial charge < -0.3 is 14.8 Å². The quantitative estimate of drug-likeness (QED) is 0.793. The van der Waals surface area contributed by atoms with Crippen molar-refractivity contribution in [3.8, 4) is 0 Å². The fraction of sp³-hybridized carbons (Fsp3) is 0.714. The average Bonchev–Trinajstić information content (AvgIpc) is 3.08. The predicted octanol–water partition coefficient (Wildman–Crippen LogP) is 1.57. The first-order chi connectivity index (χ1) is 9.24. The molecule has 19 heavy (non-hydrogen) atoms. The van der Waals surface area contributed by atoms with Crippen molar-refractivity contribution in [3.05, 3.63) is 18.2 Å². The highest BCUT2D eigenvalue weighted by molar-refractivity contribution is 5.80. The molecule has 1 saturated heterocycles. The molecule has 1 aliphatic heterocycles. The van der Waals surface area contributed by atoms with Crippen LogP contribution in [0.15, 0.2) is 12.5 Å². The van der Waals surface area contributed by atoms with Gasteiger partial charge in [-0.3, -0.25) is 4.79 Å². The Bertz CT molecular complexity index is 409. The topological polar surface area (TPSA) is 50.2 Å². The van der Waals surface area contributed by atoms with Crippen molar-refractivity contribution >= 4 is 5.91 Å². The molecule has 0 bridgehead atoms. The third-order valence-electron chi connectivity index (χ3n) is 3.67. The normalized spacial score (nSPS) is 16.8. The first-order valence-corrected chi connectivity index (χ1v) is 7.24. The molecule has 5 nitrogen and oxygen atoms in total. The van der Waals surface area contributed by atoms with Gasteiger partial charge in [-0.1, -0.05) is 6.92 Å². The van der Waals surface area contributed by atoms with Gasteiger partial charge in [0.1, 0.15) is 6.04 Å². The maximum atomic E-state index is 12.4. The summed E-state index contributed by atoms with van der Waals surface area (Å²) in [6, 6.07) is -0.154. The van der Waals surface area contributed by atoms with E-state index in [1.54, 1.807) is 6.33 Å². The maximum Gasteiger partial charge on any atom is 0.245 e. The molecule has 1 atom stereocenters. The van der Waals surface area contributed by atoms with Crippen LogP contribution in [0.25, 0.3) is 0 Å². The summed E-state index contributed by atoms with van der Waals surface area (Å²) in [5.41, 5.74) is 1.08. The number of nitrogens with one attached hydrogen (secondary N) is 1. The van der Waals surface area contributed by atoms with Crippen LogP contribution in [0.1, 0.15) is 44.8 Å². The molecular weight excluding hydrogens is 240 g/mol. The highest BCUT2D eigenvalue weighted by atomic mass is 16.2. The molecule has 0 spiro atoms. The predicted molar refractivity (Wildman–Crippen MR) is 74.7 cm³/mol. The number of rotatable bonds is 6. The van der Waals surface area contributed by atoms with Gasteiger partial charge in [-0.15, -0.1) is 0 Å². The third kappa shape index (κ3) is 3.35. The van der Waals surface area contributed by atoms with Crippen LogP contribution in [-0.4, -0.2) is 40.0 Å². The summed E-state index contributed by atoms with van der Waals surface area (Å²) in [6.45, 7) is 7.67. The van der Waals surface area contributed by atoms with Gasteiger partial charge in [-0.2, -0.15) is 0 Å². The van der Waals surface area contributed by atoms with Crippen LogP contribution in [0.4, 0.5) is 0 Å². The highest BCUT2D eigenvalue weighted by Gasteiger charge is 2.25. The molecular formula is C14H24N4O. The molecule has 106 valence electrons. The number of nitrogens with zero attached hydrogens (tertiary/aromatic N) is 3. The Hall–Kier alpha value is -1.36. The van der Waals surface area contributed by atoms with Crippen LogP contribution in [0, 0.1) is 0 Å². The van der Waals surface area contributed by atoms with Gasteiger partial charge in [-0.05, 0) is 32.7 Å². The van der Waals surface area contributed by atoms with Gasteiger partial charge in [0.15, 0.2) is 0 Å². The smallest absolute Gasteiger partial charge is 0.245 e. The number of hydrogen-bond acceptors (Lipinski definition) is 3. The molecule has 1 amide bonds. The Kier molecular flexibility index (Phi) is 4.96. The van der Waals surface area contributed by atoms with Gasteiger partial charge >= 0.3 is 0 Å². The van der Waals surface area contributed by atoms with E-state index >= 15 is 0 Å². The van der Waals surface area contributed by atoms with E-state index in [4.69, 9.17) is 0 Å². The van der Waals surface area contributed by atoms with Gasteiger partial charge in [-0.25, -0.2) is 4.98 Å². The molecule has 2 rings (SSSR count). The zero-order chi connectivity index (χ0) is 13.7. The summed E-state index contributed by atoms with van der Waals surface area (Å²) in [5, 5.41) is 3.36.